The number of piperidine rings is 1. The summed E-state index contributed by atoms with van der Waals surface area (Å²) in [6.07, 6.45) is 4.94. The zero-order chi connectivity index (χ0) is 17.2. The average molecular weight is 357 g/mol. The Labute approximate surface area is 149 Å². The third kappa shape index (κ3) is 3.30. The standard InChI is InChI=1S/C18H17ClN4O2/c19-14-7-6-12(21-18(24)23-9-2-1-3-10-23)11-13(14)17-22-16-15(25-17)5-4-8-20-16/h4-8,11H,1-3,9-10H2,(H,21,24). The Kier molecular flexibility index (Phi) is 4.28. The van der Waals surface area contributed by atoms with Crippen LogP contribution in [0, 0.1) is 0 Å². The predicted octanol–water partition coefficient (Wildman–Crippen LogP) is 4.56. The molecule has 0 unspecified atom stereocenters. The normalized spacial score (nSPS) is 14.7. The number of hydrogen-bond donors (Lipinski definition) is 1. The lowest BCUT2D eigenvalue weighted by Crippen LogP contribution is -2.38. The molecule has 2 aromatic heterocycles. The van der Waals surface area contributed by atoms with Crippen molar-refractivity contribution < 1.29 is 9.21 Å². The van der Waals surface area contributed by atoms with E-state index >= 15 is 0 Å². The van der Waals surface area contributed by atoms with Gasteiger partial charge in [0, 0.05) is 25.0 Å². The molecule has 7 heteroatoms. The molecule has 1 fully saturated rings. The van der Waals surface area contributed by atoms with E-state index in [1.54, 1.807) is 36.5 Å². The number of halogens is 1. The Balaban J connectivity index is 1.60. The molecule has 0 radical (unpaired) electrons. The molecule has 3 aromatic rings. The van der Waals surface area contributed by atoms with E-state index in [2.05, 4.69) is 15.3 Å². The van der Waals surface area contributed by atoms with E-state index in [4.69, 9.17) is 16.0 Å². The third-order valence-electron chi connectivity index (χ3n) is 4.26. The number of nitrogens with one attached hydrogen (secondary N) is 1. The van der Waals surface area contributed by atoms with E-state index in [0.717, 1.165) is 25.9 Å². The smallest absolute Gasteiger partial charge is 0.321 e. The van der Waals surface area contributed by atoms with Crippen molar-refractivity contribution in [2.24, 2.45) is 0 Å². The van der Waals surface area contributed by atoms with Crippen LogP contribution in [0.15, 0.2) is 40.9 Å². The van der Waals surface area contributed by atoms with Gasteiger partial charge < -0.3 is 14.6 Å². The van der Waals surface area contributed by atoms with Gasteiger partial charge in [-0.05, 0) is 49.6 Å². The van der Waals surface area contributed by atoms with Crippen LogP contribution in [0.1, 0.15) is 19.3 Å². The van der Waals surface area contributed by atoms with E-state index in [1.165, 1.54) is 6.42 Å². The summed E-state index contributed by atoms with van der Waals surface area (Å²) in [5.41, 5.74) is 2.40. The minimum absolute atomic E-state index is 0.0906. The van der Waals surface area contributed by atoms with Crippen molar-refractivity contribution >= 4 is 34.5 Å². The molecule has 25 heavy (non-hydrogen) atoms. The van der Waals surface area contributed by atoms with Gasteiger partial charge in [-0.3, -0.25) is 0 Å². The van der Waals surface area contributed by atoms with Crippen LogP contribution in [0.3, 0.4) is 0 Å². The summed E-state index contributed by atoms with van der Waals surface area (Å²) in [5, 5.41) is 3.43. The van der Waals surface area contributed by atoms with Gasteiger partial charge in [0.25, 0.3) is 0 Å². The van der Waals surface area contributed by atoms with E-state index in [1.807, 2.05) is 4.90 Å². The van der Waals surface area contributed by atoms with Crippen LogP contribution >= 0.6 is 11.6 Å². The molecule has 1 saturated heterocycles. The summed E-state index contributed by atoms with van der Waals surface area (Å²) in [6.45, 7) is 1.59. The predicted molar refractivity (Wildman–Crippen MR) is 96.7 cm³/mol. The fourth-order valence-electron chi connectivity index (χ4n) is 2.95. The van der Waals surface area contributed by atoms with Gasteiger partial charge in [-0.15, -0.1) is 0 Å². The molecule has 0 aliphatic carbocycles. The number of urea groups is 1. The Morgan fingerprint density at radius 1 is 1.20 bits per heavy atom. The number of aromatic nitrogens is 2. The second kappa shape index (κ2) is 6.72. The van der Waals surface area contributed by atoms with Crippen molar-refractivity contribution in [1.29, 1.82) is 0 Å². The molecule has 0 bridgehead atoms. The molecule has 3 heterocycles. The molecule has 1 aliphatic rings. The minimum atomic E-state index is -0.0906. The summed E-state index contributed by atoms with van der Waals surface area (Å²) in [6, 6.07) is 8.77. The Morgan fingerprint density at radius 3 is 2.84 bits per heavy atom. The number of benzene rings is 1. The molecule has 1 aliphatic heterocycles. The van der Waals surface area contributed by atoms with Crippen molar-refractivity contribution in [3.63, 3.8) is 0 Å². The molecule has 128 valence electrons. The van der Waals surface area contributed by atoms with Gasteiger partial charge in [-0.25, -0.2) is 9.78 Å². The van der Waals surface area contributed by atoms with Crippen LogP contribution in [0.4, 0.5) is 10.5 Å². The first kappa shape index (κ1) is 15.9. The maximum atomic E-state index is 12.4. The fourth-order valence-corrected chi connectivity index (χ4v) is 3.15. The highest BCUT2D eigenvalue weighted by Gasteiger charge is 2.18. The first-order valence-electron chi connectivity index (χ1n) is 8.28. The molecule has 0 spiro atoms. The molecule has 4 rings (SSSR count). The van der Waals surface area contributed by atoms with Crippen molar-refractivity contribution in [2.75, 3.05) is 18.4 Å². The Morgan fingerprint density at radius 2 is 2.04 bits per heavy atom. The monoisotopic (exact) mass is 356 g/mol. The second-order valence-electron chi connectivity index (χ2n) is 6.02. The van der Waals surface area contributed by atoms with E-state index in [0.29, 0.717) is 33.4 Å². The lowest BCUT2D eigenvalue weighted by Gasteiger charge is -2.26. The molecular formula is C18H17ClN4O2. The number of likely N-dealkylation sites (tertiary alicyclic amines) is 1. The summed E-state index contributed by atoms with van der Waals surface area (Å²) < 4.78 is 5.73. The summed E-state index contributed by atoms with van der Waals surface area (Å²) >= 11 is 6.30. The van der Waals surface area contributed by atoms with Gasteiger partial charge in [0.1, 0.15) is 0 Å². The molecule has 1 N–H and O–H groups in total. The first-order chi connectivity index (χ1) is 12.2. The van der Waals surface area contributed by atoms with E-state index < -0.39 is 0 Å². The Bertz CT molecular complexity index is 885. The first-order valence-corrected chi connectivity index (χ1v) is 8.66. The van der Waals surface area contributed by atoms with Crippen molar-refractivity contribution in [3.05, 3.63) is 41.6 Å². The number of carbonyl (C=O) groups is 1. The maximum Gasteiger partial charge on any atom is 0.321 e. The number of pyridine rings is 1. The van der Waals surface area contributed by atoms with Gasteiger partial charge >= 0.3 is 6.03 Å². The zero-order valence-electron chi connectivity index (χ0n) is 13.5. The lowest BCUT2D eigenvalue weighted by molar-refractivity contribution is 0.200. The fraction of sp³-hybridized carbons (Fsp3) is 0.278. The van der Waals surface area contributed by atoms with Gasteiger partial charge in [0.15, 0.2) is 11.2 Å². The van der Waals surface area contributed by atoms with Crippen molar-refractivity contribution in [3.8, 4) is 11.5 Å². The molecule has 0 atom stereocenters. The highest BCUT2D eigenvalue weighted by atomic mass is 35.5. The SMILES string of the molecule is O=C(Nc1ccc(Cl)c(-c2nc3ncccc3o2)c1)N1CCCCC1. The topological polar surface area (TPSA) is 71.3 Å². The number of carbonyl (C=O) groups excluding carboxylic acids is 1. The van der Waals surface area contributed by atoms with Crippen LogP contribution in [0.2, 0.25) is 5.02 Å². The quantitative estimate of drug-likeness (QED) is 0.730. The van der Waals surface area contributed by atoms with Crippen molar-refractivity contribution in [2.45, 2.75) is 19.3 Å². The number of fused-ring (bicyclic) bond motifs is 1. The number of nitrogens with zero attached hydrogens (tertiary/aromatic N) is 3. The highest BCUT2D eigenvalue weighted by molar-refractivity contribution is 6.33. The van der Waals surface area contributed by atoms with E-state index in [9.17, 15) is 4.79 Å². The minimum Gasteiger partial charge on any atom is -0.434 e. The maximum absolute atomic E-state index is 12.4. The molecule has 6 nitrogen and oxygen atoms in total. The molecule has 0 saturated carbocycles. The number of rotatable bonds is 2. The van der Waals surface area contributed by atoms with Crippen LogP contribution in [-0.4, -0.2) is 34.0 Å². The van der Waals surface area contributed by atoms with Gasteiger partial charge in [-0.2, -0.15) is 4.98 Å². The summed E-state index contributed by atoms with van der Waals surface area (Å²) in [7, 11) is 0. The number of hydrogen-bond acceptors (Lipinski definition) is 4. The highest BCUT2D eigenvalue weighted by Crippen LogP contribution is 2.32. The number of oxazole rings is 1. The number of amides is 2. The zero-order valence-corrected chi connectivity index (χ0v) is 14.3. The largest absolute Gasteiger partial charge is 0.434 e. The lowest BCUT2D eigenvalue weighted by atomic mass is 10.1. The van der Waals surface area contributed by atoms with Crippen LogP contribution in [0.5, 0.6) is 0 Å². The van der Waals surface area contributed by atoms with Crippen LogP contribution < -0.4 is 5.32 Å². The second-order valence-corrected chi connectivity index (χ2v) is 6.42. The van der Waals surface area contributed by atoms with Crippen LogP contribution in [0.25, 0.3) is 22.7 Å². The van der Waals surface area contributed by atoms with E-state index in [-0.39, 0.29) is 6.03 Å². The van der Waals surface area contributed by atoms with Crippen LogP contribution in [-0.2, 0) is 0 Å². The van der Waals surface area contributed by atoms with Gasteiger partial charge in [0.2, 0.25) is 5.89 Å². The molecule has 2 amide bonds. The summed E-state index contributed by atoms with van der Waals surface area (Å²) in [5.74, 6) is 0.382. The van der Waals surface area contributed by atoms with Crippen molar-refractivity contribution in [1.82, 2.24) is 14.9 Å². The molecular weight excluding hydrogens is 340 g/mol. The Hall–Kier alpha value is -2.60. The third-order valence-corrected chi connectivity index (χ3v) is 4.59. The average Bonchev–Trinajstić information content (AvgIpc) is 3.08. The molecule has 1 aromatic carbocycles. The van der Waals surface area contributed by atoms with Gasteiger partial charge in [-0.1, -0.05) is 11.6 Å². The number of anilines is 1. The van der Waals surface area contributed by atoms with Gasteiger partial charge in [0.05, 0.1) is 10.6 Å². The summed E-state index contributed by atoms with van der Waals surface area (Å²) in [4.78, 5) is 22.7.